The molecule has 1 rings (SSSR count). The van der Waals surface area contributed by atoms with E-state index >= 15 is 0 Å². The number of hydrogen-bond acceptors (Lipinski definition) is 3. The van der Waals surface area contributed by atoms with Gasteiger partial charge in [0.05, 0.1) is 5.75 Å². The summed E-state index contributed by atoms with van der Waals surface area (Å²) < 4.78 is 25.2. The van der Waals surface area contributed by atoms with Crippen molar-refractivity contribution in [3.8, 4) is 0 Å². The third kappa shape index (κ3) is 3.74. The van der Waals surface area contributed by atoms with Crippen molar-refractivity contribution in [3.05, 3.63) is 0 Å². The van der Waals surface area contributed by atoms with Crippen LogP contribution in [0.1, 0.15) is 26.7 Å². The quantitative estimate of drug-likeness (QED) is 0.705. The molecule has 0 bridgehead atoms. The van der Waals surface area contributed by atoms with Crippen LogP contribution in [-0.2, 0) is 10.0 Å². The van der Waals surface area contributed by atoms with Crippen molar-refractivity contribution in [2.75, 3.05) is 38.5 Å². The minimum absolute atomic E-state index is 0.292. The average Bonchev–Trinajstić information content (AvgIpc) is 2.19. The summed E-state index contributed by atoms with van der Waals surface area (Å²) in [5.74, 6) is 0.292. The predicted octanol–water partition coefficient (Wildman–Crippen LogP) is 0.754. The number of nitrogens with zero attached hydrogens (tertiary/aromatic N) is 2. The summed E-state index contributed by atoms with van der Waals surface area (Å²) in [5.41, 5.74) is 0. The third-order valence-corrected chi connectivity index (χ3v) is 4.80. The molecule has 1 fully saturated rings. The monoisotopic (exact) mass is 234 g/mol. The van der Waals surface area contributed by atoms with Crippen LogP contribution in [0.4, 0.5) is 0 Å². The van der Waals surface area contributed by atoms with Crippen LogP contribution in [0.25, 0.3) is 0 Å². The van der Waals surface area contributed by atoms with Gasteiger partial charge in [-0.1, -0.05) is 13.8 Å². The van der Waals surface area contributed by atoms with Gasteiger partial charge >= 0.3 is 0 Å². The largest absolute Gasteiger partial charge is 0.301 e. The Labute approximate surface area is 93.3 Å². The molecule has 1 saturated heterocycles. The van der Waals surface area contributed by atoms with Crippen molar-refractivity contribution >= 4 is 10.0 Å². The summed E-state index contributed by atoms with van der Waals surface area (Å²) in [4.78, 5) is 2.33. The van der Waals surface area contributed by atoms with E-state index in [0.29, 0.717) is 25.3 Å². The minimum Gasteiger partial charge on any atom is -0.301 e. The lowest BCUT2D eigenvalue weighted by Crippen LogP contribution is -2.49. The Morgan fingerprint density at radius 2 is 1.60 bits per heavy atom. The first kappa shape index (κ1) is 12.9. The topological polar surface area (TPSA) is 40.6 Å². The second kappa shape index (κ2) is 5.82. The van der Waals surface area contributed by atoms with Crippen molar-refractivity contribution in [1.82, 2.24) is 9.21 Å². The van der Waals surface area contributed by atoms with Gasteiger partial charge in [0, 0.05) is 26.2 Å². The van der Waals surface area contributed by atoms with Crippen LogP contribution >= 0.6 is 0 Å². The highest BCUT2D eigenvalue weighted by Gasteiger charge is 2.25. The standard InChI is InChI=1S/C10H22N2O2S/c1-3-5-11-6-8-12(9-7-11)15(13,14)10-4-2/h3-10H2,1-2H3. The molecule has 0 unspecified atom stereocenters. The molecule has 0 saturated carbocycles. The predicted molar refractivity (Wildman–Crippen MR) is 62.4 cm³/mol. The first-order valence-corrected chi connectivity index (χ1v) is 7.41. The average molecular weight is 234 g/mol. The van der Waals surface area contributed by atoms with Gasteiger partial charge in [-0.05, 0) is 19.4 Å². The minimum atomic E-state index is -2.97. The van der Waals surface area contributed by atoms with Gasteiger partial charge < -0.3 is 4.90 Å². The molecule has 0 amide bonds. The molecule has 4 nitrogen and oxygen atoms in total. The lowest BCUT2D eigenvalue weighted by atomic mass is 10.3. The van der Waals surface area contributed by atoms with Crippen molar-refractivity contribution in [3.63, 3.8) is 0 Å². The lowest BCUT2D eigenvalue weighted by Gasteiger charge is -2.33. The smallest absolute Gasteiger partial charge is 0.214 e. The van der Waals surface area contributed by atoms with Crippen molar-refractivity contribution < 1.29 is 8.42 Å². The first-order valence-electron chi connectivity index (χ1n) is 5.80. The van der Waals surface area contributed by atoms with Gasteiger partial charge in [-0.3, -0.25) is 0 Å². The third-order valence-electron chi connectivity index (χ3n) is 2.73. The van der Waals surface area contributed by atoms with Crippen LogP contribution in [-0.4, -0.2) is 56.1 Å². The molecule has 1 heterocycles. The van der Waals surface area contributed by atoms with E-state index in [9.17, 15) is 8.42 Å². The first-order chi connectivity index (χ1) is 7.10. The van der Waals surface area contributed by atoms with Crippen LogP contribution in [0.15, 0.2) is 0 Å². The highest BCUT2D eigenvalue weighted by Crippen LogP contribution is 2.09. The van der Waals surface area contributed by atoms with Gasteiger partial charge in [-0.15, -0.1) is 0 Å². The van der Waals surface area contributed by atoms with E-state index in [-0.39, 0.29) is 0 Å². The Balaban J connectivity index is 2.43. The molecule has 0 aliphatic carbocycles. The zero-order chi connectivity index (χ0) is 11.3. The maximum atomic E-state index is 11.8. The summed E-state index contributed by atoms with van der Waals surface area (Å²) in [6, 6.07) is 0. The second-order valence-corrected chi connectivity index (χ2v) is 6.15. The fourth-order valence-corrected chi connectivity index (χ4v) is 3.43. The van der Waals surface area contributed by atoms with Crippen LogP contribution in [0.2, 0.25) is 0 Å². The molecular weight excluding hydrogens is 212 g/mol. The maximum absolute atomic E-state index is 11.8. The number of sulfonamides is 1. The van der Waals surface area contributed by atoms with Crippen LogP contribution < -0.4 is 0 Å². The van der Waals surface area contributed by atoms with E-state index in [0.717, 1.165) is 26.1 Å². The zero-order valence-corrected chi connectivity index (χ0v) is 10.6. The molecule has 1 aliphatic rings. The molecule has 0 radical (unpaired) electrons. The summed E-state index contributed by atoms with van der Waals surface area (Å²) in [6.07, 6.45) is 1.85. The van der Waals surface area contributed by atoms with Crippen molar-refractivity contribution in [1.29, 1.82) is 0 Å². The zero-order valence-electron chi connectivity index (χ0n) is 9.78. The van der Waals surface area contributed by atoms with Crippen LogP contribution in [0.5, 0.6) is 0 Å². The normalized spacial score (nSPS) is 20.7. The molecule has 0 aromatic rings. The summed E-state index contributed by atoms with van der Waals surface area (Å²) >= 11 is 0. The van der Waals surface area contributed by atoms with Gasteiger partial charge in [-0.2, -0.15) is 4.31 Å². The molecule has 0 aromatic carbocycles. The summed E-state index contributed by atoms with van der Waals surface area (Å²) in [7, 11) is -2.97. The summed E-state index contributed by atoms with van der Waals surface area (Å²) in [6.45, 7) is 8.25. The fraction of sp³-hybridized carbons (Fsp3) is 1.00. The van der Waals surface area contributed by atoms with Crippen molar-refractivity contribution in [2.45, 2.75) is 26.7 Å². The van der Waals surface area contributed by atoms with Gasteiger partial charge in [-0.25, -0.2) is 8.42 Å². The van der Waals surface area contributed by atoms with Gasteiger partial charge in [0.25, 0.3) is 0 Å². The van der Waals surface area contributed by atoms with E-state index in [1.807, 2.05) is 6.92 Å². The molecule has 5 heteroatoms. The van der Waals surface area contributed by atoms with Crippen LogP contribution in [0.3, 0.4) is 0 Å². The molecule has 0 aromatic heterocycles. The molecule has 1 aliphatic heterocycles. The summed E-state index contributed by atoms with van der Waals surface area (Å²) in [5, 5.41) is 0. The van der Waals surface area contributed by atoms with E-state index in [4.69, 9.17) is 0 Å². The Kier molecular flexibility index (Phi) is 5.02. The number of rotatable bonds is 5. The Morgan fingerprint density at radius 3 is 2.07 bits per heavy atom. The molecule has 0 atom stereocenters. The van der Waals surface area contributed by atoms with Gasteiger partial charge in [0.2, 0.25) is 10.0 Å². The Morgan fingerprint density at radius 1 is 1.00 bits per heavy atom. The Hall–Kier alpha value is -0.130. The second-order valence-electron chi connectivity index (χ2n) is 4.06. The molecule has 15 heavy (non-hydrogen) atoms. The number of piperazine rings is 1. The highest BCUT2D eigenvalue weighted by atomic mass is 32.2. The highest BCUT2D eigenvalue weighted by molar-refractivity contribution is 7.89. The van der Waals surface area contributed by atoms with E-state index in [1.165, 1.54) is 0 Å². The van der Waals surface area contributed by atoms with E-state index < -0.39 is 10.0 Å². The van der Waals surface area contributed by atoms with Crippen LogP contribution in [0, 0.1) is 0 Å². The van der Waals surface area contributed by atoms with Gasteiger partial charge in [0.15, 0.2) is 0 Å². The molecule has 0 spiro atoms. The SMILES string of the molecule is CCCN1CCN(S(=O)(=O)CCC)CC1. The molecular formula is C10H22N2O2S. The Bertz CT molecular complexity index is 269. The molecule has 90 valence electrons. The van der Waals surface area contributed by atoms with E-state index in [2.05, 4.69) is 11.8 Å². The fourth-order valence-electron chi connectivity index (χ4n) is 1.93. The maximum Gasteiger partial charge on any atom is 0.214 e. The number of hydrogen-bond donors (Lipinski definition) is 0. The molecule has 0 N–H and O–H groups in total. The van der Waals surface area contributed by atoms with Gasteiger partial charge in [0.1, 0.15) is 0 Å². The lowest BCUT2D eigenvalue weighted by molar-refractivity contribution is 0.188. The van der Waals surface area contributed by atoms with Crippen molar-refractivity contribution in [2.24, 2.45) is 0 Å². The van der Waals surface area contributed by atoms with E-state index in [1.54, 1.807) is 4.31 Å².